The summed E-state index contributed by atoms with van der Waals surface area (Å²) in [6, 6.07) is 0.0173. The summed E-state index contributed by atoms with van der Waals surface area (Å²) >= 11 is 1.41. The Bertz CT molecular complexity index is 533. The molecule has 1 aliphatic rings. The van der Waals surface area contributed by atoms with Gasteiger partial charge in [-0.15, -0.1) is 11.3 Å². The second-order valence-corrected chi connectivity index (χ2v) is 7.64. The lowest BCUT2D eigenvalue weighted by Gasteiger charge is -2.30. The van der Waals surface area contributed by atoms with Crippen LogP contribution in [0.25, 0.3) is 0 Å². The second kappa shape index (κ2) is 5.88. The van der Waals surface area contributed by atoms with Crippen molar-refractivity contribution in [3.63, 3.8) is 0 Å². The topological polar surface area (TPSA) is 72.6 Å². The molecule has 0 saturated carbocycles. The summed E-state index contributed by atoms with van der Waals surface area (Å²) in [5.74, 6) is 0. The maximum Gasteiger partial charge on any atom is 0.244 e. The SMILES string of the molecule is Cc1csc(CN)c1S(=O)(=O)N(C)C1CCOCC1. The van der Waals surface area contributed by atoms with Crippen LogP contribution in [0.4, 0.5) is 0 Å². The lowest BCUT2D eigenvalue weighted by atomic mass is 10.1. The van der Waals surface area contributed by atoms with Crippen molar-refractivity contribution in [2.75, 3.05) is 20.3 Å². The first-order chi connectivity index (χ1) is 8.98. The van der Waals surface area contributed by atoms with E-state index in [9.17, 15) is 8.42 Å². The molecule has 0 atom stereocenters. The van der Waals surface area contributed by atoms with E-state index in [0.717, 1.165) is 23.3 Å². The van der Waals surface area contributed by atoms with Crippen molar-refractivity contribution in [2.45, 2.75) is 37.2 Å². The van der Waals surface area contributed by atoms with Crippen LogP contribution in [-0.4, -0.2) is 39.0 Å². The smallest absolute Gasteiger partial charge is 0.244 e. The van der Waals surface area contributed by atoms with E-state index >= 15 is 0 Å². The zero-order valence-corrected chi connectivity index (χ0v) is 12.9. The largest absolute Gasteiger partial charge is 0.381 e. The van der Waals surface area contributed by atoms with Crippen LogP contribution in [0.3, 0.4) is 0 Å². The molecule has 2 N–H and O–H groups in total. The second-order valence-electron chi connectivity index (χ2n) is 4.74. The van der Waals surface area contributed by atoms with Crippen molar-refractivity contribution in [2.24, 2.45) is 5.73 Å². The molecule has 108 valence electrons. The Morgan fingerprint density at radius 1 is 1.47 bits per heavy atom. The third-order valence-electron chi connectivity index (χ3n) is 3.52. The molecule has 0 spiro atoms. The number of sulfonamides is 1. The van der Waals surface area contributed by atoms with Gasteiger partial charge in [-0.05, 0) is 30.7 Å². The van der Waals surface area contributed by atoms with Gasteiger partial charge in [0.15, 0.2) is 0 Å². The zero-order chi connectivity index (χ0) is 14.0. The van der Waals surface area contributed by atoms with Crippen LogP contribution in [0.5, 0.6) is 0 Å². The van der Waals surface area contributed by atoms with Crippen LogP contribution in [0.15, 0.2) is 10.3 Å². The minimum absolute atomic E-state index is 0.0173. The van der Waals surface area contributed by atoms with Gasteiger partial charge in [-0.3, -0.25) is 0 Å². The van der Waals surface area contributed by atoms with Gasteiger partial charge in [-0.2, -0.15) is 4.31 Å². The van der Waals surface area contributed by atoms with Crippen LogP contribution in [0, 0.1) is 6.92 Å². The van der Waals surface area contributed by atoms with Gasteiger partial charge in [0, 0.05) is 37.7 Å². The van der Waals surface area contributed by atoms with Crippen molar-refractivity contribution in [1.82, 2.24) is 4.31 Å². The van der Waals surface area contributed by atoms with E-state index in [2.05, 4.69) is 0 Å². The van der Waals surface area contributed by atoms with Crippen molar-refractivity contribution < 1.29 is 13.2 Å². The van der Waals surface area contributed by atoms with Crippen molar-refractivity contribution in [3.05, 3.63) is 15.8 Å². The van der Waals surface area contributed by atoms with Gasteiger partial charge in [0.25, 0.3) is 0 Å². The molecule has 2 rings (SSSR count). The van der Waals surface area contributed by atoms with Gasteiger partial charge < -0.3 is 10.5 Å². The third kappa shape index (κ3) is 2.85. The predicted molar refractivity (Wildman–Crippen MR) is 75.7 cm³/mol. The molecule has 5 nitrogen and oxygen atoms in total. The van der Waals surface area contributed by atoms with Gasteiger partial charge in [0.2, 0.25) is 10.0 Å². The summed E-state index contributed by atoms with van der Waals surface area (Å²) in [7, 11) is -1.81. The Labute approximate surface area is 118 Å². The number of hydrogen-bond acceptors (Lipinski definition) is 5. The minimum atomic E-state index is -3.46. The molecule has 1 fully saturated rings. The predicted octanol–water partition coefficient (Wildman–Crippen LogP) is 1.31. The van der Waals surface area contributed by atoms with Gasteiger partial charge in [0.05, 0.1) is 0 Å². The average molecular weight is 304 g/mol. The Morgan fingerprint density at radius 2 is 2.11 bits per heavy atom. The fraction of sp³-hybridized carbons (Fsp3) is 0.667. The Kier molecular flexibility index (Phi) is 4.62. The van der Waals surface area contributed by atoms with E-state index in [1.54, 1.807) is 7.05 Å². The molecule has 0 aliphatic carbocycles. The van der Waals surface area contributed by atoms with Crippen LogP contribution < -0.4 is 5.73 Å². The molecule has 19 heavy (non-hydrogen) atoms. The lowest BCUT2D eigenvalue weighted by molar-refractivity contribution is 0.0632. The summed E-state index contributed by atoms with van der Waals surface area (Å²) in [4.78, 5) is 1.13. The van der Waals surface area contributed by atoms with Crippen LogP contribution in [0.2, 0.25) is 0 Å². The first-order valence-corrected chi connectivity index (χ1v) is 8.63. The van der Waals surface area contributed by atoms with Crippen molar-refractivity contribution in [3.8, 4) is 0 Å². The van der Waals surface area contributed by atoms with Gasteiger partial charge >= 0.3 is 0 Å². The quantitative estimate of drug-likeness (QED) is 0.910. The van der Waals surface area contributed by atoms with E-state index in [4.69, 9.17) is 10.5 Å². The van der Waals surface area contributed by atoms with E-state index in [0.29, 0.717) is 18.1 Å². The molecule has 1 aliphatic heterocycles. The Hall–Kier alpha value is -0.470. The molecule has 0 aromatic carbocycles. The highest BCUT2D eigenvalue weighted by molar-refractivity contribution is 7.89. The van der Waals surface area contributed by atoms with Crippen LogP contribution in [0.1, 0.15) is 23.3 Å². The van der Waals surface area contributed by atoms with Gasteiger partial charge in [0.1, 0.15) is 4.90 Å². The maximum absolute atomic E-state index is 12.7. The minimum Gasteiger partial charge on any atom is -0.381 e. The first kappa shape index (κ1) is 14.9. The van der Waals surface area contributed by atoms with Crippen molar-refractivity contribution >= 4 is 21.4 Å². The average Bonchev–Trinajstić information content (AvgIpc) is 2.80. The highest BCUT2D eigenvalue weighted by Crippen LogP contribution is 2.30. The van der Waals surface area contributed by atoms with Gasteiger partial charge in [-0.1, -0.05) is 0 Å². The summed E-state index contributed by atoms with van der Waals surface area (Å²) in [6.07, 6.45) is 1.49. The van der Waals surface area contributed by atoms with Crippen LogP contribution >= 0.6 is 11.3 Å². The molecule has 0 unspecified atom stereocenters. The molecule has 0 bridgehead atoms. The molecule has 1 aromatic heterocycles. The fourth-order valence-electron chi connectivity index (χ4n) is 2.36. The van der Waals surface area contributed by atoms with Crippen LogP contribution in [-0.2, 0) is 21.3 Å². The molecule has 0 radical (unpaired) electrons. The number of hydrogen-bond donors (Lipinski definition) is 1. The Morgan fingerprint density at radius 3 is 2.68 bits per heavy atom. The van der Waals surface area contributed by atoms with Gasteiger partial charge in [-0.25, -0.2) is 8.42 Å². The number of rotatable bonds is 4. The summed E-state index contributed by atoms with van der Waals surface area (Å²) < 4.78 is 32.2. The summed E-state index contributed by atoms with van der Waals surface area (Å²) in [5, 5.41) is 1.85. The standard InChI is InChI=1S/C12H20N2O3S2/c1-9-8-18-11(7-13)12(9)19(15,16)14(2)10-3-5-17-6-4-10/h8,10H,3-7,13H2,1-2H3. The van der Waals surface area contributed by atoms with Crippen molar-refractivity contribution in [1.29, 1.82) is 0 Å². The highest BCUT2D eigenvalue weighted by atomic mass is 32.2. The first-order valence-electron chi connectivity index (χ1n) is 6.31. The summed E-state index contributed by atoms with van der Waals surface area (Å²) in [5.41, 5.74) is 6.43. The number of nitrogens with zero attached hydrogens (tertiary/aromatic N) is 1. The molecule has 2 heterocycles. The number of nitrogens with two attached hydrogens (primary N) is 1. The number of aryl methyl sites for hydroxylation is 1. The monoisotopic (exact) mass is 304 g/mol. The fourth-order valence-corrected chi connectivity index (χ4v) is 5.43. The Balaban J connectivity index is 2.33. The van der Waals surface area contributed by atoms with E-state index in [-0.39, 0.29) is 12.6 Å². The summed E-state index contributed by atoms with van der Waals surface area (Å²) in [6.45, 7) is 3.32. The highest BCUT2D eigenvalue weighted by Gasteiger charge is 2.32. The number of ether oxygens (including phenoxy) is 1. The molecular weight excluding hydrogens is 284 g/mol. The molecular formula is C12H20N2O3S2. The molecule has 0 amide bonds. The van der Waals surface area contributed by atoms with E-state index in [1.165, 1.54) is 15.6 Å². The third-order valence-corrected chi connectivity index (χ3v) is 6.91. The number of thiophene rings is 1. The lowest BCUT2D eigenvalue weighted by Crippen LogP contribution is -2.41. The molecule has 1 aromatic rings. The van der Waals surface area contributed by atoms with E-state index in [1.807, 2.05) is 12.3 Å². The zero-order valence-electron chi connectivity index (χ0n) is 11.3. The maximum atomic E-state index is 12.7. The van der Waals surface area contributed by atoms with E-state index < -0.39 is 10.0 Å². The molecule has 1 saturated heterocycles. The normalized spacial score (nSPS) is 18.1. The molecule has 7 heteroatoms.